The van der Waals surface area contributed by atoms with E-state index >= 15 is 0 Å². The highest BCUT2D eigenvalue weighted by Crippen LogP contribution is 2.27. The average molecular weight is 328 g/mol. The normalized spacial score (nSPS) is 11.4. The fourth-order valence-electron chi connectivity index (χ4n) is 2.32. The highest BCUT2D eigenvalue weighted by atomic mass is 16.5. The first kappa shape index (κ1) is 17.9. The molecular formula is C20H24O4. The smallest absolute Gasteiger partial charge is 0.339 e. The summed E-state index contributed by atoms with van der Waals surface area (Å²) in [6.45, 7) is 6.71. The van der Waals surface area contributed by atoms with E-state index in [4.69, 9.17) is 13.9 Å². The molecule has 0 N–H and O–H groups in total. The standard InChI is InChI=1S/C20H24O4/c1-14(2)6-5-7-15(3)10-11-23-18-13-20(21)24-19-12-16(22-4)8-9-17(18)19/h6,8-10,12-13H,5,7,11H2,1-4H3/b15-10+. The quantitative estimate of drug-likeness (QED) is 0.537. The van der Waals surface area contributed by atoms with Crippen molar-refractivity contribution in [3.8, 4) is 11.5 Å². The molecule has 4 heteroatoms. The molecule has 0 radical (unpaired) electrons. The Labute approximate surface area is 142 Å². The Bertz CT molecular complexity index is 808. The molecule has 0 bridgehead atoms. The van der Waals surface area contributed by atoms with Gasteiger partial charge < -0.3 is 13.9 Å². The molecule has 128 valence electrons. The van der Waals surface area contributed by atoms with E-state index in [1.807, 2.05) is 18.2 Å². The van der Waals surface area contributed by atoms with Crippen LogP contribution in [0.2, 0.25) is 0 Å². The first-order valence-electron chi connectivity index (χ1n) is 8.03. The molecule has 0 amide bonds. The Kier molecular flexibility index (Phi) is 6.24. The zero-order valence-electron chi connectivity index (χ0n) is 14.7. The lowest BCUT2D eigenvalue weighted by Crippen LogP contribution is -2.02. The van der Waals surface area contributed by atoms with Crippen LogP contribution < -0.4 is 15.1 Å². The second kappa shape index (κ2) is 8.39. The minimum Gasteiger partial charge on any atom is -0.497 e. The lowest BCUT2D eigenvalue weighted by atomic mass is 10.1. The van der Waals surface area contributed by atoms with Crippen molar-refractivity contribution >= 4 is 11.0 Å². The molecule has 4 nitrogen and oxygen atoms in total. The maximum Gasteiger partial charge on any atom is 0.339 e. The number of allylic oxidation sites excluding steroid dienone is 3. The second-order valence-electron chi connectivity index (χ2n) is 5.97. The third kappa shape index (κ3) is 5.01. The molecule has 24 heavy (non-hydrogen) atoms. The Balaban J connectivity index is 2.09. The SMILES string of the molecule is COc1ccc2c(OC/C=C(\C)CCC=C(C)C)cc(=O)oc2c1. The molecule has 0 saturated heterocycles. The first-order chi connectivity index (χ1) is 11.5. The summed E-state index contributed by atoms with van der Waals surface area (Å²) in [5, 5.41) is 0.756. The van der Waals surface area contributed by atoms with Crippen LogP contribution in [-0.2, 0) is 0 Å². The molecule has 2 aromatic rings. The number of rotatable bonds is 7. The van der Waals surface area contributed by atoms with Crippen molar-refractivity contribution in [1.29, 1.82) is 0 Å². The third-order valence-electron chi connectivity index (χ3n) is 3.68. The van der Waals surface area contributed by atoms with Gasteiger partial charge in [-0.1, -0.05) is 17.2 Å². The molecular weight excluding hydrogens is 304 g/mol. The van der Waals surface area contributed by atoms with Crippen LogP contribution in [-0.4, -0.2) is 13.7 Å². The summed E-state index contributed by atoms with van der Waals surface area (Å²) in [6.07, 6.45) is 6.30. The van der Waals surface area contributed by atoms with Crippen molar-refractivity contribution < 1.29 is 13.9 Å². The maximum absolute atomic E-state index is 11.7. The van der Waals surface area contributed by atoms with E-state index in [1.54, 1.807) is 13.2 Å². The molecule has 1 heterocycles. The van der Waals surface area contributed by atoms with E-state index in [1.165, 1.54) is 17.2 Å². The molecule has 1 aromatic heterocycles. The minimum atomic E-state index is -0.435. The minimum absolute atomic E-state index is 0.422. The van der Waals surface area contributed by atoms with Gasteiger partial charge in [0.15, 0.2) is 0 Å². The lowest BCUT2D eigenvalue weighted by molar-refractivity contribution is 0.361. The van der Waals surface area contributed by atoms with Crippen molar-refractivity contribution in [1.82, 2.24) is 0 Å². The van der Waals surface area contributed by atoms with Crippen LogP contribution in [0.4, 0.5) is 0 Å². The van der Waals surface area contributed by atoms with Crippen molar-refractivity contribution in [2.45, 2.75) is 33.6 Å². The monoisotopic (exact) mass is 328 g/mol. The Morgan fingerprint density at radius 1 is 1.17 bits per heavy atom. The van der Waals surface area contributed by atoms with Gasteiger partial charge in [0.2, 0.25) is 0 Å². The van der Waals surface area contributed by atoms with Gasteiger partial charge in [-0.05, 0) is 51.8 Å². The van der Waals surface area contributed by atoms with Crippen molar-refractivity contribution in [2.75, 3.05) is 13.7 Å². The molecule has 2 rings (SSSR count). The van der Waals surface area contributed by atoms with Gasteiger partial charge in [0.25, 0.3) is 0 Å². The fourth-order valence-corrected chi connectivity index (χ4v) is 2.32. The number of hydrogen-bond donors (Lipinski definition) is 0. The first-order valence-corrected chi connectivity index (χ1v) is 8.03. The highest BCUT2D eigenvalue weighted by molar-refractivity contribution is 5.84. The topological polar surface area (TPSA) is 48.7 Å². The number of ether oxygens (including phenoxy) is 2. The average Bonchev–Trinajstić information content (AvgIpc) is 2.53. The molecule has 0 atom stereocenters. The van der Waals surface area contributed by atoms with Crippen LogP contribution in [0.15, 0.2) is 56.8 Å². The summed E-state index contributed by atoms with van der Waals surface area (Å²) in [5.74, 6) is 1.16. The molecule has 0 fully saturated rings. The molecule has 0 aliphatic carbocycles. The van der Waals surface area contributed by atoms with Gasteiger partial charge in [-0.2, -0.15) is 0 Å². The maximum atomic E-state index is 11.7. The van der Waals surface area contributed by atoms with Crippen molar-refractivity contribution in [2.24, 2.45) is 0 Å². The largest absolute Gasteiger partial charge is 0.497 e. The summed E-state index contributed by atoms with van der Waals surface area (Å²) in [5.41, 5.74) is 2.62. The van der Waals surface area contributed by atoms with Crippen LogP contribution in [0, 0.1) is 0 Å². The van der Waals surface area contributed by atoms with E-state index in [0.717, 1.165) is 18.2 Å². The van der Waals surface area contributed by atoms with Gasteiger partial charge in [-0.3, -0.25) is 0 Å². The molecule has 0 saturated carbocycles. The van der Waals surface area contributed by atoms with Crippen LogP contribution in [0.1, 0.15) is 33.6 Å². The summed E-state index contributed by atoms with van der Waals surface area (Å²) >= 11 is 0. The third-order valence-corrected chi connectivity index (χ3v) is 3.68. The van der Waals surface area contributed by atoms with E-state index in [9.17, 15) is 4.79 Å². The molecule has 0 aliphatic heterocycles. The van der Waals surface area contributed by atoms with E-state index in [0.29, 0.717) is 23.7 Å². The van der Waals surface area contributed by atoms with Crippen LogP contribution in [0.25, 0.3) is 11.0 Å². The zero-order chi connectivity index (χ0) is 17.5. The Morgan fingerprint density at radius 2 is 1.96 bits per heavy atom. The molecule has 0 unspecified atom stereocenters. The highest BCUT2D eigenvalue weighted by Gasteiger charge is 2.07. The Morgan fingerprint density at radius 3 is 2.67 bits per heavy atom. The predicted molar refractivity (Wildman–Crippen MR) is 97.0 cm³/mol. The van der Waals surface area contributed by atoms with E-state index in [2.05, 4.69) is 26.8 Å². The van der Waals surface area contributed by atoms with Crippen LogP contribution in [0.5, 0.6) is 11.5 Å². The number of benzene rings is 1. The van der Waals surface area contributed by atoms with Crippen molar-refractivity contribution in [3.63, 3.8) is 0 Å². The van der Waals surface area contributed by atoms with Gasteiger partial charge >= 0.3 is 5.63 Å². The summed E-state index contributed by atoms with van der Waals surface area (Å²) in [6, 6.07) is 6.71. The number of fused-ring (bicyclic) bond motifs is 1. The summed E-state index contributed by atoms with van der Waals surface area (Å²) < 4.78 is 16.1. The summed E-state index contributed by atoms with van der Waals surface area (Å²) in [4.78, 5) is 11.7. The fraction of sp³-hybridized carbons (Fsp3) is 0.350. The molecule has 1 aromatic carbocycles. The van der Waals surface area contributed by atoms with Gasteiger partial charge in [-0.15, -0.1) is 0 Å². The molecule has 0 spiro atoms. The number of hydrogen-bond acceptors (Lipinski definition) is 4. The van der Waals surface area contributed by atoms with E-state index in [-0.39, 0.29) is 0 Å². The predicted octanol–water partition coefficient (Wildman–Crippen LogP) is 4.87. The van der Waals surface area contributed by atoms with Crippen molar-refractivity contribution in [3.05, 3.63) is 58.0 Å². The van der Waals surface area contributed by atoms with Crippen LogP contribution in [0.3, 0.4) is 0 Å². The van der Waals surface area contributed by atoms with Gasteiger partial charge in [0.1, 0.15) is 23.7 Å². The summed E-state index contributed by atoms with van der Waals surface area (Å²) in [7, 11) is 1.57. The lowest BCUT2D eigenvalue weighted by Gasteiger charge is -2.08. The van der Waals surface area contributed by atoms with Crippen LogP contribution >= 0.6 is 0 Å². The second-order valence-corrected chi connectivity index (χ2v) is 5.97. The van der Waals surface area contributed by atoms with Gasteiger partial charge in [0, 0.05) is 6.07 Å². The zero-order valence-corrected chi connectivity index (χ0v) is 14.7. The van der Waals surface area contributed by atoms with E-state index < -0.39 is 5.63 Å². The van der Waals surface area contributed by atoms with Gasteiger partial charge in [0.05, 0.1) is 18.6 Å². The molecule has 0 aliphatic rings. The van der Waals surface area contributed by atoms with Gasteiger partial charge in [-0.25, -0.2) is 4.79 Å². The Hall–Kier alpha value is -2.49. The number of methoxy groups -OCH3 is 1.